The van der Waals surface area contributed by atoms with Gasteiger partial charge in [-0.25, -0.2) is 8.42 Å². The van der Waals surface area contributed by atoms with Gasteiger partial charge in [-0.3, -0.25) is 53.5 Å². The second-order valence-corrected chi connectivity index (χ2v) is 27.9. The third kappa shape index (κ3) is 16.4. The van der Waals surface area contributed by atoms with E-state index in [0.717, 1.165) is 104 Å². The zero-order valence-corrected chi connectivity index (χ0v) is 53.1. The van der Waals surface area contributed by atoms with Gasteiger partial charge in [0.15, 0.2) is 0 Å². The van der Waals surface area contributed by atoms with Crippen molar-refractivity contribution in [1.82, 2.24) is 30.1 Å². The Labute approximate surface area is 535 Å². The van der Waals surface area contributed by atoms with Crippen LogP contribution in [0.5, 0.6) is 0 Å². The maximum atomic E-state index is 14.3. The van der Waals surface area contributed by atoms with Crippen molar-refractivity contribution in [2.45, 2.75) is 97.0 Å². The number of alkyl halides is 3. The lowest BCUT2D eigenvalue weighted by atomic mass is 9.71. The molecule has 4 aliphatic heterocycles. The van der Waals surface area contributed by atoms with E-state index in [4.69, 9.17) is 16.3 Å². The summed E-state index contributed by atoms with van der Waals surface area (Å²) < 4.78 is 77.3. The van der Waals surface area contributed by atoms with Gasteiger partial charge < -0.3 is 25.6 Å². The number of benzene rings is 5. The zero-order chi connectivity index (χ0) is 63.6. The lowest BCUT2D eigenvalue weighted by Gasteiger charge is -2.41. The number of sulfone groups is 1. The Balaban J connectivity index is 0.702. The van der Waals surface area contributed by atoms with Crippen LogP contribution in [-0.4, -0.2) is 161 Å². The minimum atomic E-state index is -5.81. The molecule has 25 heteroatoms. The van der Waals surface area contributed by atoms with Crippen LogP contribution < -0.4 is 30.9 Å². The molecule has 6 amide bonds. The van der Waals surface area contributed by atoms with Gasteiger partial charge in [0.25, 0.3) is 27.6 Å². The van der Waals surface area contributed by atoms with E-state index >= 15 is 0 Å². The van der Waals surface area contributed by atoms with Gasteiger partial charge >= 0.3 is 5.51 Å². The first kappa shape index (κ1) is 66.0. The summed E-state index contributed by atoms with van der Waals surface area (Å²) in [5, 5.41) is 12.5. The Hall–Kier alpha value is -6.93. The molecule has 5 aromatic carbocycles. The molecule has 1 aliphatic carbocycles. The molecule has 90 heavy (non-hydrogen) atoms. The summed E-state index contributed by atoms with van der Waals surface area (Å²) in [7, 11) is -5.81. The predicted octanol–water partition coefficient (Wildman–Crippen LogP) is 9.93. The van der Waals surface area contributed by atoms with E-state index in [1.54, 1.807) is 30.3 Å². The molecule has 0 aromatic heterocycles. The van der Waals surface area contributed by atoms with Gasteiger partial charge in [-0.1, -0.05) is 60.5 Å². The number of carbonyl (C=O) groups excluding carboxylic acids is 6. The van der Waals surface area contributed by atoms with Crippen molar-refractivity contribution in [3.05, 3.63) is 148 Å². The maximum Gasteiger partial charge on any atom is 0.501 e. The molecule has 4 heterocycles. The van der Waals surface area contributed by atoms with E-state index in [1.165, 1.54) is 35.0 Å². The predicted molar refractivity (Wildman–Crippen MR) is 343 cm³/mol. The number of nitrogens with one attached hydrogen (secondary N) is 5. The van der Waals surface area contributed by atoms with E-state index in [-0.39, 0.29) is 45.9 Å². The molecule has 0 radical (unpaired) electrons. The average Bonchev–Trinajstić information content (AvgIpc) is 1.57. The normalized spacial score (nSPS) is 19.8. The summed E-state index contributed by atoms with van der Waals surface area (Å²) in [6, 6.07) is 31.8. The van der Waals surface area contributed by atoms with Crippen LogP contribution in [0.2, 0.25) is 5.02 Å². The first-order chi connectivity index (χ1) is 43.2. The maximum absolute atomic E-state index is 14.3. The third-order valence-corrected chi connectivity index (χ3v) is 20.8. The Morgan fingerprint density at radius 1 is 0.822 bits per heavy atom. The minimum absolute atomic E-state index is 0.0312. The van der Waals surface area contributed by atoms with Crippen molar-refractivity contribution in [1.29, 1.82) is 0 Å². The van der Waals surface area contributed by atoms with Gasteiger partial charge in [0.2, 0.25) is 17.7 Å². The number of imide groups is 2. The SMILES string of the molecule is CC1(CNC(=O)CCCCNc2cccc3c2C(=O)N(C2CCC(=O)NC2=O)C3=O)CCC(c2ccc(Cl)cc2)=C(CN2CCN(c3ccc(C(=O)NSc4ccc(N[C@H](CCN5CCOCC5)CSc5ccccc5)c(S(=O)(=O)C(F)(F)F)c4)cc3)CC2)C1. The van der Waals surface area contributed by atoms with E-state index in [1.807, 2.05) is 54.6 Å². The van der Waals surface area contributed by atoms with Crippen LogP contribution in [0.3, 0.4) is 0 Å². The van der Waals surface area contributed by atoms with E-state index in [9.17, 15) is 50.4 Å². The highest BCUT2D eigenvalue weighted by Gasteiger charge is 2.49. The first-order valence-corrected chi connectivity index (χ1v) is 33.9. The van der Waals surface area contributed by atoms with Crippen LogP contribution in [-0.2, 0) is 29.0 Å². The standard InChI is InChI=1S/C65H73ClF3N9O9S3/c1-64(42-71-57(79)12-5-6-28-70-54-11-7-10-52-59(54)63(84)78(62(52)83)55-23-24-58(80)73-61(55)82)27-25-51(43-13-17-46(66)18-14-43)45(39-64)40-76-30-32-77(33-31-76)48-19-15-44(16-20-48)60(81)74-89-50-21-22-53(56(38-50)90(85,86)65(67,68)69)72-47(26-29-75-34-36-87-37-35-75)41-88-49-8-3-2-4-9-49/h2-4,7-11,13-22,38,47,55,70,72H,5-6,12,23-37,39-42H2,1H3,(H,71,79)(H,74,81)(H,73,80,82)/t47-,55?,64?/m1/s1. The molecule has 3 fully saturated rings. The minimum Gasteiger partial charge on any atom is -0.384 e. The van der Waals surface area contributed by atoms with Crippen molar-refractivity contribution in [3.8, 4) is 0 Å². The lowest BCUT2D eigenvalue weighted by Crippen LogP contribution is -2.54. The molecule has 3 saturated heterocycles. The molecule has 0 bridgehead atoms. The fourth-order valence-corrected chi connectivity index (χ4v) is 14.8. The number of carbonyl (C=O) groups is 6. The van der Waals surface area contributed by atoms with Gasteiger partial charge in [-0.05, 0) is 152 Å². The molecule has 10 rings (SSSR count). The number of anilines is 3. The van der Waals surface area contributed by atoms with Crippen molar-refractivity contribution < 1.29 is 55.1 Å². The molecular weight excluding hydrogens is 1240 g/mol. The molecule has 0 spiro atoms. The number of thioether (sulfide) groups is 1. The highest BCUT2D eigenvalue weighted by molar-refractivity contribution is 7.99. The Morgan fingerprint density at radius 2 is 1.57 bits per heavy atom. The van der Waals surface area contributed by atoms with Gasteiger partial charge in [0, 0.05) is 122 Å². The van der Waals surface area contributed by atoms with Crippen molar-refractivity contribution in [2.75, 3.05) is 99.9 Å². The summed E-state index contributed by atoms with van der Waals surface area (Å²) in [6.45, 7) is 10.1. The number of amides is 6. The van der Waals surface area contributed by atoms with Crippen LogP contribution in [0.1, 0.15) is 101 Å². The number of unbranched alkanes of at least 4 members (excludes halogenated alkanes) is 1. The smallest absolute Gasteiger partial charge is 0.384 e. The number of ether oxygens (including phenoxy) is 1. The third-order valence-electron chi connectivity index (χ3n) is 17.1. The number of piperazine rings is 1. The monoisotopic (exact) mass is 1310 g/mol. The number of hydrogen-bond acceptors (Lipinski definition) is 16. The molecule has 3 atom stereocenters. The molecular formula is C65H73ClF3N9O9S3. The van der Waals surface area contributed by atoms with Gasteiger partial charge in [-0.2, -0.15) is 13.2 Å². The highest BCUT2D eigenvalue weighted by Crippen LogP contribution is 2.44. The van der Waals surface area contributed by atoms with Crippen molar-refractivity contribution in [3.63, 3.8) is 0 Å². The van der Waals surface area contributed by atoms with Crippen LogP contribution in [0, 0.1) is 5.41 Å². The zero-order valence-electron chi connectivity index (χ0n) is 49.9. The summed E-state index contributed by atoms with van der Waals surface area (Å²) in [5.41, 5.74) is -0.156. The quantitative estimate of drug-likeness (QED) is 0.0159. The van der Waals surface area contributed by atoms with Crippen LogP contribution in [0.15, 0.2) is 136 Å². The molecule has 2 unspecified atom stereocenters. The van der Waals surface area contributed by atoms with E-state index in [2.05, 4.69) is 59.7 Å². The number of hydrogen-bond donors (Lipinski definition) is 5. The summed E-state index contributed by atoms with van der Waals surface area (Å²) in [4.78, 5) is 85.9. The number of allylic oxidation sites excluding steroid dienone is 1. The second kappa shape index (κ2) is 29.6. The van der Waals surface area contributed by atoms with Gasteiger partial charge in [-0.15, -0.1) is 11.8 Å². The summed E-state index contributed by atoms with van der Waals surface area (Å²) in [5.74, 6) is -2.38. The highest BCUT2D eigenvalue weighted by atomic mass is 35.5. The number of piperidine rings is 1. The lowest BCUT2D eigenvalue weighted by molar-refractivity contribution is -0.136. The van der Waals surface area contributed by atoms with Crippen molar-refractivity contribution in [2.24, 2.45) is 5.41 Å². The Kier molecular flexibility index (Phi) is 21.7. The summed E-state index contributed by atoms with van der Waals surface area (Å²) in [6.07, 6.45) is 4.61. The molecule has 5 aromatic rings. The fourth-order valence-electron chi connectivity index (χ4n) is 12.1. The number of nitrogens with zero attached hydrogens (tertiary/aromatic N) is 4. The van der Waals surface area contributed by atoms with Crippen LogP contribution >= 0.6 is 35.3 Å². The first-order valence-electron chi connectivity index (χ1n) is 30.3. The van der Waals surface area contributed by atoms with Crippen LogP contribution in [0.25, 0.3) is 5.57 Å². The second-order valence-electron chi connectivity index (χ2n) is 23.6. The van der Waals surface area contributed by atoms with Crippen LogP contribution in [0.4, 0.5) is 30.2 Å². The van der Waals surface area contributed by atoms with E-state index < -0.39 is 61.9 Å². The molecule has 478 valence electrons. The molecule has 5 N–H and O–H groups in total. The van der Waals surface area contributed by atoms with E-state index in [0.29, 0.717) is 80.6 Å². The number of halogens is 4. The molecule has 0 saturated carbocycles. The number of rotatable bonds is 25. The molecule has 18 nitrogen and oxygen atoms in total. The summed E-state index contributed by atoms with van der Waals surface area (Å²) >= 11 is 8.58. The Bertz CT molecular complexity index is 3590. The Morgan fingerprint density at radius 3 is 2.29 bits per heavy atom. The average molecular weight is 1310 g/mol. The molecule has 5 aliphatic rings. The van der Waals surface area contributed by atoms with Gasteiger partial charge in [0.1, 0.15) is 10.9 Å². The number of morpholine rings is 1. The number of fused-ring (bicyclic) bond motifs is 1. The fraction of sp³-hybridized carbons (Fsp3) is 0.415. The van der Waals surface area contributed by atoms with Gasteiger partial charge in [0.05, 0.1) is 30.0 Å². The topological polar surface area (TPSA) is 219 Å². The largest absolute Gasteiger partial charge is 0.501 e. The van der Waals surface area contributed by atoms with Crippen molar-refractivity contribution >= 4 is 103 Å².